The summed E-state index contributed by atoms with van der Waals surface area (Å²) in [5.41, 5.74) is 16.1. The molecular weight excluding hydrogens is 540 g/mol. The lowest BCUT2D eigenvalue weighted by molar-refractivity contribution is -0.139. The zero-order valence-electron chi connectivity index (χ0n) is 24.1. The van der Waals surface area contributed by atoms with Crippen LogP contribution in [0.5, 0.6) is 11.5 Å². The molecule has 0 fully saturated rings. The Morgan fingerprint density at radius 3 is 1.98 bits per heavy atom. The van der Waals surface area contributed by atoms with Gasteiger partial charge in [0.1, 0.15) is 17.8 Å². The normalized spacial score (nSPS) is 11.1. The van der Waals surface area contributed by atoms with Gasteiger partial charge in [0, 0.05) is 6.54 Å². The van der Waals surface area contributed by atoms with Crippen LogP contribution in [-0.4, -0.2) is 77.0 Å². The fraction of sp³-hybridized carbons (Fsp3) is 0.500. The number of rotatable bonds is 12. The molecule has 2 atom stereocenters. The third kappa shape index (κ3) is 22.2. The van der Waals surface area contributed by atoms with E-state index in [1.165, 1.54) is 20.6 Å². The molecule has 0 unspecified atom stereocenters. The number of nitrogens with one attached hydrogen (secondary N) is 2. The number of methoxy groups -OCH3 is 2. The second-order valence-electron chi connectivity index (χ2n) is 8.87. The zero-order valence-corrected chi connectivity index (χ0v) is 24.1. The Morgan fingerprint density at radius 1 is 1.05 bits per heavy atom. The van der Waals surface area contributed by atoms with Crippen molar-refractivity contribution in [2.24, 2.45) is 23.1 Å². The van der Waals surface area contributed by atoms with Crippen LogP contribution in [0.25, 0.3) is 0 Å². The van der Waals surface area contributed by atoms with Gasteiger partial charge in [-0.2, -0.15) is 0 Å². The van der Waals surface area contributed by atoms with E-state index in [0.29, 0.717) is 48.8 Å². The molecule has 15 nitrogen and oxygen atoms in total. The SMILES string of the molecule is CC(C)C[C@H](N)C(=O)O.COc1ccc(CC(=O)O)cc1OC.Cc1cnco1.N=C(N)NCCC[C@H](N)C(=O)O. The van der Waals surface area contributed by atoms with Gasteiger partial charge in [0.2, 0.25) is 0 Å². The number of nitrogens with zero attached hydrogens (tertiary/aromatic N) is 1. The van der Waals surface area contributed by atoms with Crippen LogP contribution < -0.4 is 32.0 Å². The van der Waals surface area contributed by atoms with E-state index >= 15 is 0 Å². The van der Waals surface area contributed by atoms with E-state index in [1.54, 1.807) is 24.4 Å². The van der Waals surface area contributed by atoms with Crippen molar-refractivity contribution in [1.82, 2.24) is 10.3 Å². The minimum absolute atomic E-state index is 0.0135. The summed E-state index contributed by atoms with van der Waals surface area (Å²) in [7, 11) is 3.05. The summed E-state index contributed by atoms with van der Waals surface area (Å²) < 4.78 is 14.8. The number of carboxylic acid groups (broad SMARTS) is 3. The van der Waals surface area contributed by atoms with Crippen LogP contribution >= 0.6 is 0 Å². The van der Waals surface area contributed by atoms with Crippen LogP contribution in [0.1, 0.15) is 44.4 Å². The molecule has 0 aliphatic carbocycles. The molecule has 1 heterocycles. The Bertz CT molecular complexity index is 1030. The van der Waals surface area contributed by atoms with E-state index in [4.69, 9.17) is 51.8 Å². The van der Waals surface area contributed by atoms with Gasteiger partial charge in [-0.05, 0) is 49.8 Å². The minimum atomic E-state index is -1.00. The largest absolute Gasteiger partial charge is 0.493 e. The lowest BCUT2D eigenvalue weighted by atomic mass is 10.1. The molecule has 1 aromatic carbocycles. The van der Waals surface area contributed by atoms with Crippen molar-refractivity contribution >= 4 is 23.9 Å². The third-order valence-corrected chi connectivity index (χ3v) is 4.73. The van der Waals surface area contributed by atoms with Gasteiger partial charge >= 0.3 is 17.9 Å². The first-order valence-electron chi connectivity index (χ1n) is 12.5. The number of carboxylic acids is 3. The molecule has 0 aliphatic rings. The van der Waals surface area contributed by atoms with Crippen LogP contribution in [0, 0.1) is 18.3 Å². The number of hydrogen-bond acceptors (Lipinski definition) is 10. The van der Waals surface area contributed by atoms with Gasteiger partial charge in [0.05, 0.1) is 26.8 Å². The fourth-order valence-electron chi connectivity index (χ4n) is 2.72. The summed E-state index contributed by atoms with van der Waals surface area (Å²) >= 11 is 0. The monoisotopic (exact) mass is 584 g/mol. The highest BCUT2D eigenvalue weighted by Gasteiger charge is 2.12. The summed E-state index contributed by atoms with van der Waals surface area (Å²) in [5, 5.41) is 34.6. The van der Waals surface area contributed by atoms with Crippen LogP contribution in [-0.2, 0) is 20.8 Å². The van der Waals surface area contributed by atoms with Gasteiger partial charge in [-0.1, -0.05) is 19.9 Å². The molecule has 15 heteroatoms. The molecular formula is C26H44N6O9. The molecule has 41 heavy (non-hydrogen) atoms. The van der Waals surface area contributed by atoms with Crippen LogP contribution in [0.2, 0.25) is 0 Å². The number of nitrogens with two attached hydrogens (primary N) is 3. The maximum Gasteiger partial charge on any atom is 0.320 e. The Morgan fingerprint density at radius 2 is 1.63 bits per heavy atom. The maximum absolute atomic E-state index is 10.5. The summed E-state index contributed by atoms with van der Waals surface area (Å²) in [6, 6.07) is 3.54. The predicted molar refractivity (Wildman–Crippen MR) is 152 cm³/mol. The van der Waals surface area contributed by atoms with E-state index in [1.807, 2.05) is 20.8 Å². The number of aliphatic carboxylic acids is 3. The van der Waals surface area contributed by atoms with Crippen molar-refractivity contribution in [2.45, 2.75) is 58.5 Å². The predicted octanol–water partition coefficient (Wildman–Crippen LogP) is 1.42. The molecule has 232 valence electrons. The van der Waals surface area contributed by atoms with Crippen molar-refractivity contribution in [3.8, 4) is 11.5 Å². The van der Waals surface area contributed by atoms with Gasteiger partial charge in [0.15, 0.2) is 23.9 Å². The Balaban J connectivity index is 0. The van der Waals surface area contributed by atoms with Gasteiger partial charge in [-0.3, -0.25) is 19.8 Å². The average Bonchev–Trinajstić information content (AvgIpc) is 3.37. The molecule has 0 spiro atoms. The number of hydrogen-bond donors (Lipinski definition) is 8. The van der Waals surface area contributed by atoms with Crippen molar-refractivity contribution in [3.05, 3.63) is 42.1 Å². The third-order valence-electron chi connectivity index (χ3n) is 4.73. The quantitative estimate of drug-likeness (QED) is 0.0995. The highest BCUT2D eigenvalue weighted by atomic mass is 16.5. The Hall–Kier alpha value is -4.37. The van der Waals surface area contributed by atoms with Gasteiger partial charge in [0.25, 0.3) is 0 Å². The molecule has 2 aromatic rings. The molecule has 0 saturated heterocycles. The highest BCUT2D eigenvalue weighted by Crippen LogP contribution is 2.27. The molecule has 1 aromatic heterocycles. The number of aromatic nitrogens is 1. The maximum atomic E-state index is 10.5. The summed E-state index contributed by atoms with van der Waals surface area (Å²) in [4.78, 5) is 34.4. The smallest absolute Gasteiger partial charge is 0.320 e. The number of benzene rings is 1. The number of aryl methyl sites for hydroxylation is 1. The summed E-state index contributed by atoms with van der Waals surface area (Å²) in [6.45, 7) is 6.23. The first-order valence-corrected chi connectivity index (χ1v) is 12.5. The van der Waals surface area contributed by atoms with Crippen LogP contribution in [0.3, 0.4) is 0 Å². The number of ether oxygens (including phenoxy) is 2. The second kappa shape index (κ2) is 22.4. The van der Waals surface area contributed by atoms with E-state index in [9.17, 15) is 14.4 Å². The van der Waals surface area contributed by atoms with Crippen molar-refractivity contribution in [3.63, 3.8) is 0 Å². The number of guanidine groups is 1. The first-order chi connectivity index (χ1) is 19.1. The van der Waals surface area contributed by atoms with Gasteiger partial charge in [-0.25, -0.2) is 4.98 Å². The lowest BCUT2D eigenvalue weighted by Crippen LogP contribution is -2.34. The van der Waals surface area contributed by atoms with E-state index in [0.717, 1.165) is 5.76 Å². The number of carbonyl (C=O) groups is 3. The van der Waals surface area contributed by atoms with E-state index < -0.39 is 30.0 Å². The second-order valence-corrected chi connectivity index (χ2v) is 8.87. The highest BCUT2D eigenvalue weighted by molar-refractivity contribution is 5.74. The van der Waals surface area contributed by atoms with Gasteiger partial charge < -0.3 is 51.7 Å². The van der Waals surface area contributed by atoms with E-state index in [2.05, 4.69) is 10.3 Å². The van der Waals surface area contributed by atoms with E-state index in [-0.39, 0.29) is 12.4 Å². The Labute approximate surface area is 239 Å². The summed E-state index contributed by atoms with van der Waals surface area (Å²) in [5.74, 6) is -0.531. The zero-order chi connectivity index (χ0) is 32.0. The summed E-state index contributed by atoms with van der Waals surface area (Å²) in [6.07, 6.45) is 4.59. The van der Waals surface area contributed by atoms with Crippen molar-refractivity contribution in [1.29, 1.82) is 5.41 Å². The lowest BCUT2D eigenvalue weighted by Gasteiger charge is -2.08. The van der Waals surface area contributed by atoms with Crippen molar-refractivity contribution in [2.75, 3.05) is 20.8 Å². The molecule has 0 radical (unpaired) electrons. The molecule has 0 aliphatic heterocycles. The van der Waals surface area contributed by atoms with Gasteiger partial charge in [-0.15, -0.1) is 0 Å². The standard InChI is InChI=1S/C10H12O4.C6H14N4O2.C6H13NO2.C4H5NO/c1-13-8-4-3-7(6-10(11)12)5-9(8)14-2;7-4(5(11)12)2-1-3-10-6(8)9;1-4(2)3-5(7)6(8)9;1-4-2-5-3-6-4/h3-5H,6H2,1-2H3,(H,11,12);4H,1-3,7H2,(H,11,12)(H4,8,9,10);4-5H,3,7H2,1-2H3,(H,8,9);2-3H,1H3/t;4-;5-;/m.00./s1. The Kier molecular flexibility index (Phi) is 21.2. The first kappa shape index (κ1) is 38.8. The average molecular weight is 585 g/mol. The topological polar surface area (TPSA) is 270 Å². The molecule has 0 amide bonds. The molecule has 2 rings (SSSR count). The number of oxazole rings is 1. The fourth-order valence-corrected chi connectivity index (χ4v) is 2.72. The van der Waals surface area contributed by atoms with Crippen LogP contribution in [0.4, 0.5) is 0 Å². The minimum Gasteiger partial charge on any atom is -0.493 e. The van der Waals surface area contributed by atoms with Crippen LogP contribution in [0.15, 0.2) is 35.2 Å². The molecule has 0 bridgehead atoms. The molecule has 0 saturated carbocycles. The molecule has 11 N–H and O–H groups in total. The van der Waals surface area contributed by atoms with Crippen molar-refractivity contribution < 1.29 is 43.6 Å².